The van der Waals surface area contributed by atoms with Crippen LogP contribution in [-0.2, 0) is 6.42 Å². The van der Waals surface area contributed by atoms with Crippen LogP contribution in [-0.4, -0.2) is 43.6 Å². The summed E-state index contributed by atoms with van der Waals surface area (Å²) in [7, 11) is 0. The summed E-state index contributed by atoms with van der Waals surface area (Å²) in [6.45, 7) is 3.31. The molecule has 1 amide bonds. The fourth-order valence-electron chi connectivity index (χ4n) is 4.50. The van der Waals surface area contributed by atoms with Crippen molar-refractivity contribution in [2.75, 3.05) is 13.1 Å². The minimum absolute atomic E-state index is 0.154. The second-order valence-corrected chi connectivity index (χ2v) is 8.86. The number of carbonyl (C=O) groups is 1. The first-order valence-corrected chi connectivity index (χ1v) is 11.6. The molecule has 4 aromatic rings. The lowest BCUT2D eigenvalue weighted by Gasteiger charge is -2.31. The fraction of sp³-hybridized carbons (Fsp3) is 0.292. The van der Waals surface area contributed by atoms with E-state index in [2.05, 4.69) is 39.5 Å². The number of aromatic nitrogens is 4. The van der Waals surface area contributed by atoms with Gasteiger partial charge in [-0.3, -0.25) is 4.79 Å². The Balaban J connectivity index is 1.35. The quantitative estimate of drug-likeness (QED) is 0.422. The van der Waals surface area contributed by atoms with E-state index >= 15 is 0 Å². The van der Waals surface area contributed by atoms with E-state index in [-0.39, 0.29) is 11.7 Å². The number of carbonyl (C=O) groups excluding carboxylic acids is 1. The Hall–Kier alpha value is -2.83. The molecule has 0 unspecified atom stereocenters. The number of benzene rings is 2. The van der Waals surface area contributed by atoms with Crippen LogP contribution in [0.15, 0.2) is 48.7 Å². The predicted molar refractivity (Wildman–Crippen MR) is 127 cm³/mol. The number of hydrogen-bond donors (Lipinski definition) is 1. The van der Waals surface area contributed by atoms with E-state index in [1.54, 1.807) is 22.9 Å². The first-order valence-electron chi connectivity index (χ1n) is 10.8. The second-order valence-electron chi connectivity index (χ2n) is 8.04. The maximum absolute atomic E-state index is 13.2. The van der Waals surface area contributed by atoms with Crippen LogP contribution in [0.1, 0.15) is 47.7 Å². The smallest absolute Gasteiger partial charge is 0.293 e. The summed E-state index contributed by atoms with van der Waals surface area (Å²) >= 11 is 12.7. The van der Waals surface area contributed by atoms with Gasteiger partial charge in [0.2, 0.25) is 5.82 Å². The zero-order valence-corrected chi connectivity index (χ0v) is 19.2. The van der Waals surface area contributed by atoms with E-state index in [1.807, 2.05) is 17.9 Å². The van der Waals surface area contributed by atoms with Gasteiger partial charge in [0.1, 0.15) is 11.5 Å². The predicted octanol–water partition coefficient (Wildman–Crippen LogP) is 5.64. The molecular weight excluding hydrogens is 445 g/mol. The van der Waals surface area contributed by atoms with Gasteiger partial charge in [-0.15, -0.1) is 5.10 Å². The van der Waals surface area contributed by atoms with Crippen molar-refractivity contribution in [3.63, 3.8) is 0 Å². The summed E-state index contributed by atoms with van der Waals surface area (Å²) < 4.78 is 1.59. The van der Waals surface area contributed by atoms with Crippen LogP contribution in [0.3, 0.4) is 0 Å². The molecule has 1 aliphatic heterocycles. The Morgan fingerprint density at radius 2 is 1.81 bits per heavy atom. The second kappa shape index (κ2) is 8.60. The molecule has 0 aliphatic carbocycles. The Kier molecular flexibility index (Phi) is 5.66. The highest BCUT2D eigenvalue weighted by Crippen LogP contribution is 2.34. The van der Waals surface area contributed by atoms with Crippen LogP contribution in [0.4, 0.5) is 0 Å². The number of nitrogens with zero attached hydrogens (tertiary/aromatic N) is 4. The number of likely N-dealkylation sites (tertiary alicyclic amines) is 1. The summed E-state index contributed by atoms with van der Waals surface area (Å²) in [6.07, 6.45) is 4.53. The molecule has 0 atom stereocenters. The number of hydrogen-bond acceptors (Lipinski definition) is 3. The average molecular weight is 468 g/mol. The number of H-pyrrole nitrogens is 1. The molecule has 1 N–H and O–H groups in total. The van der Waals surface area contributed by atoms with E-state index in [4.69, 9.17) is 23.2 Å². The number of amides is 1. The molecule has 6 nitrogen and oxygen atoms in total. The van der Waals surface area contributed by atoms with E-state index < -0.39 is 0 Å². The van der Waals surface area contributed by atoms with E-state index in [0.29, 0.717) is 47.0 Å². The van der Waals surface area contributed by atoms with Crippen molar-refractivity contribution in [1.29, 1.82) is 0 Å². The highest BCUT2D eigenvalue weighted by atomic mass is 35.5. The number of nitrogens with one attached hydrogen (secondary N) is 1. The summed E-state index contributed by atoms with van der Waals surface area (Å²) in [5.74, 6) is 1.10. The molecule has 2 aromatic carbocycles. The lowest BCUT2D eigenvalue weighted by molar-refractivity contribution is 0.0701. The largest absolute Gasteiger partial charge is 0.361 e. The standard InChI is InChI=1S/C24H23Cl2N5O/c1-2-21-28-23(29-31(21)22-18(25)7-5-8-19(22)26)24(32)30-12-10-15(11-13-30)17-14-27-20-9-4-3-6-16(17)20/h3-9,14-15,27H,2,10-13H2,1H3. The number of rotatable bonds is 4. The zero-order valence-electron chi connectivity index (χ0n) is 17.7. The average Bonchev–Trinajstić information content (AvgIpc) is 3.43. The number of piperidine rings is 1. The first kappa shape index (κ1) is 21.0. The van der Waals surface area contributed by atoms with Gasteiger partial charge in [0.25, 0.3) is 5.91 Å². The minimum atomic E-state index is -0.154. The number of halogens is 2. The lowest BCUT2D eigenvalue weighted by Crippen LogP contribution is -2.38. The Morgan fingerprint density at radius 3 is 2.53 bits per heavy atom. The van der Waals surface area contributed by atoms with E-state index in [9.17, 15) is 4.79 Å². The number of aryl methyl sites for hydroxylation is 1. The van der Waals surface area contributed by atoms with Crippen molar-refractivity contribution in [2.24, 2.45) is 0 Å². The molecule has 8 heteroatoms. The van der Waals surface area contributed by atoms with Gasteiger partial charge >= 0.3 is 0 Å². The molecule has 1 saturated heterocycles. The fourth-order valence-corrected chi connectivity index (χ4v) is 5.06. The normalized spacial score (nSPS) is 14.9. The first-order chi connectivity index (χ1) is 15.6. The summed E-state index contributed by atoms with van der Waals surface area (Å²) in [6, 6.07) is 13.6. The number of aromatic amines is 1. The van der Waals surface area contributed by atoms with Crippen LogP contribution in [0.5, 0.6) is 0 Å². The van der Waals surface area contributed by atoms with Gasteiger partial charge in [-0.05, 0) is 42.5 Å². The van der Waals surface area contributed by atoms with Gasteiger partial charge in [0.05, 0.1) is 10.0 Å². The van der Waals surface area contributed by atoms with Gasteiger partial charge in [0.15, 0.2) is 0 Å². The molecule has 0 spiro atoms. The molecule has 32 heavy (non-hydrogen) atoms. The topological polar surface area (TPSA) is 66.8 Å². The van der Waals surface area contributed by atoms with E-state index in [1.165, 1.54) is 10.9 Å². The summed E-state index contributed by atoms with van der Waals surface area (Å²) in [5.41, 5.74) is 3.04. The van der Waals surface area contributed by atoms with Crippen LogP contribution in [0, 0.1) is 0 Å². The third-order valence-electron chi connectivity index (χ3n) is 6.17. The van der Waals surface area contributed by atoms with Crippen molar-refractivity contribution in [3.8, 4) is 5.69 Å². The van der Waals surface area contributed by atoms with E-state index in [0.717, 1.165) is 18.4 Å². The number of fused-ring (bicyclic) bond motifs is 1. The Bertz CT molecular complexity index is 1270. The Labute approximate surface area is 196 Å². The van der Waals surface area contributed by atoms with Crippen molar-refractivity contribution in [3.05, 3.63) is 75.9 Å². The molecule has 0 bridgehead atoms. The van der Waals surface area contributed by atoms with Gasteiger partial charge < -0.3 is 9.88 Å². The molecule has 0 saturated carbocycles. The highest BCUT2D eigenvalue weighted by Gasteiger charge is 2.29. The SMILES string of the molecule is CCc1nc(C(=O)N2CCC(c3c[nH]c4ccccc34)CC2)nn1-c1c(Cl)cccc1Cl. The molecule has 164 valence electrons. The van der Waals surface area contributed by atoms with Crippen LogP contribution in [0.25, 0.3) is 16.6 Å². The van der Waals surface area contributed by atoms with Gasteiger partial charge in [-0.25, -0.2) is 9.67 Å². The van der Waals surface area contributed by atoms with Gasteiger partial charge in [-0.2, -0.15) is 0 Å². The third-order valence-corrected chi connectivity index (χ3v) is 6.78. The number of para-hydroxylation sites is 2. The summed E-state index contributed by atoms with van der Waals surface area (Å²) in [5, 5.41) is 6.70. The van der Waals surface area contributed by atoms with Crippen LogP contribution < -0.4 is 0 Å². The van der Waals surface area contributed by atoms with Crippen LogP contribution in [0.2, 0.25) is 10.0 Å². The maximum Gasteiger partial charge on any atom is 0.293 e. The maximum atomic E-state index is 13.2. The molecule has 1 fully saturated rings. The van der Waals surface area contributed by atoms with Crippen molar-refractivity contribution < 1.29 is 4.79 Å². The Morgan fingerprint density at radius 1 is 1.09 bits per heavy atom. The molecule has 2 aromatic heterocycles. The lowest BCUT2D eigenvalue weighted by atomic mass is 9.89. The highest BCUT2D eigenvalue weighted by molar-refractivity contribution is 6.37. The van der Waals surface area contributed by atoms with Crippen molar-refractivity contribution in [2.45, 2.75) is 32.1 Å². The summed E-state index contributed by atoms with van der Waals surface area (Å²) in [4.78, 5) is 22.9. The minimum Gasteiger partial charge on any atom is -0.361 e. The third kappa shape index (κ3) is 3.67. The molecule has 1 aliphatic rings. The van der Waals surface area contributed by atoms with Crippen LogP contribution >= 0.6 is 23.2 Å². The van der Waals surface area contributed by atoms with Gasteiger partial charge in [-0.1, -0.05) is 54.4 Å². The molecule has 0 radical (unpaired) electrons. The molecular formula is C24H23Cl2N5O. The van der Waals surface area contributed by atoms with Gasteiger partial charge in [0, 0.05) is 36.6 Å². The monoisotopic (exact) mass is 467 g/mol. The van der Waals surface area contributed by atoms with Crippen molar-refractivity contribution >= 4 is 40.0 Å². The molecule has 5 rings (SSSR count). The van der Waals surface area contributed by atoms with Crippen molar-refractivity contribution in [1.82, 2.24) is 24.6 Å². The zero-order chi connectivity index (χ0) is 22.2. The molecule has 3 heterocycles.